The van der Waals surface area contributed by atoms with Crippen LogP contribution in [0, 0.1) is 0 Å². The van der Waals surface area contributed by atoms with E-state index in [0.717, 1.165) is 28.3 Å². The number of ether oxygens (including phenoxy) is 1. The molecule has 8 nitrogen and oxygen atoms in total. The zero-order valence-corrected chi connectivity index (χ0v) is 27.7. The summed E-state index contributed by atoms with van der Waals surface area (Å²) in [6.45, 7) is 6.49. The van der Waals surface area contributed by atoms with E-state index in [1.807, 2.05) is 75.4 Å². The molecule has 0 heterocycles. The van der Waals surface area contributed by atoms with E-state index in [-0.39, 0.29) is 43.8 Å². The van der Waals surface area contributed by atoms with E-state index >= 15 is 0 Å². The lowest BCUT2D eigenvalue weighted by Crippen LogP contribution is -2.52. The average molecular weight is 673 g/mol. The summed E-state index contributed by atoms with van der Waals surface area (Å²) < 4.78 is 33.5. The van der Waals surface area contributed by atoms with Crippen LogP contribution in [-0.2, 0) is 32.6 Å². The molecule has 0 aliphatic heterocycles. The summed E-state index contributed by atoms with van der Waals surface area (Å²) in [6, 6.07) is 23.5. The molecule has 0 saturated carbocycles. The second-order valence-corrected chi connectivity index (χ2v) is 13.3. The summed E-state index contributed by atoms with van der Waals surface area (Å²) in [5, 5.41) is 3.07. The first-order valence-corrected chi connectivity index (χ1v) is 17.2. The number of halogens is 1. The molecule has 0 radical (unpaired) electrons. The van der Waals surface area contributed by atoms with Crippen LogP contribution < -0.4 is 14.4 Å². The monoisotopic (exact) mass is 671 g/mol. The summed E-state index contributed by atoms with van der Waals surface area (Å²) in [6.07, 6.45) is 2.57. The molecule has 3 aromatic rings. The van der Waals surface area contributed by atoms with E-state index in [9.17, 15) is 18.0 Å². The molecule has 0 aromatic heterocycles. The van der Waals surface area contributed by atoms with Gasteiger partial charge in [0.1, 0.15) is 11.8 Å². The number of nitrogens with one attached hydrogen (secondary N) is 1. The van der Waals surface area contributed by atoms with Crippen LogP contribution in [0.4, 0.5) is 5.69 Å². The molecule has 232 valence electrons. The predicted molar refractivity (Wildman–Crippen MR) is 176 cm³/mol. The molecule has 0 unspecified atom stereocenters. The highest BCUT2D eigenvalue weighted by Crippen LogP contribution is 2.30. The van der Waals surface area contributed by atoms with Crippen molar-refractivity contribution in [3.63, 3.8) is 0 Å². The summed E-state index contributed by atoms with van der Waals surface area (Å²) in [5.74, 6) is 0.0185. The topological polar surface area (TPSA) is 96.0 Å². The summed E-state index contributed by atoms with van der Waals surface area (Å²) in [5.41, 5.74) is 2.26. The number of amides is 2. The van der Waals surface area contributed by atoms with E-state index in [0.29, 0.717) is 24.5 Å². The van der Waals surface area contributed by atoms with E-state index in [1.165, 1.54) is 4.31 Å². The van der Waals surface area contributed by atoms with Gasteiger partial charge in [-0.15, -0.1) is 0 Å². The highest BCUT2D eigenvalue weighted by Gasteiger charge is 2.31. The number of sulfonamides is 1. The number of rotatable bonds is 16. The molecule has 0 aliphatic carbocycles. The molecule has 2 amide bonds. The minimum absolute atomic E-state index is 0.0517. The van der Waals surface area contributed by atoms with Gasteiger partial charge in [0.05, 0.1) is 18.6 Å². The second kappa shape index (κ2) is 16.5. The maximum Gasteiger partial charge on any atom is 0.243 e. The van der Waals surface area contributed by atoms with Crippen LogP contribution in [0.25, 0.3) is 0 Å². The Morgan fingerprint density at radius 3 is 2.21 bits per heavy atom. The highest BCUT2D eigenvalue weighted by atomic mass is 79.9. The van der Waals surface area contributed by atoms with Gasteiger partial charge in [-0.3, -0.25) is 13.9 Å². The number of carbonyl (C=O) groups is 2. The maximum absolute atomic E-state index is 14.0. The van der Waals surface area contributed by atoms with Gasteiger partial charge in [-0.2, -0.15) is 0 Å². The number of hydrogen-bond donors (Lipinski definition) is 1. The minimum atomic E-state index is -3.66. The summed E-state index contributed by atoms with van der Waals surface area (Å²) in [7, 11) is -3.66. The van der Waals surface area contributed by atoms with E-state index < -0.39 is 16.1 Å². The van der Waals surface area contributed by atoms with Crippen LogP contribution >= 0.6 is 15.9 Å². The fourth-order valence-electron chi connectivity index (χ4n) is 4.70. The van der Waals surface area contributed by atoms with Crippen LogP contribution in [0.5, 0.6) is 5.75 Å². The molecule has 1 N–H and O–H groups in total. The molecule has 10 heteroatoms. The maximum atomic E-state index is 14.0. The second-order valence-electron chi connectivity index (χ2n) is 10.5. The van der Waals surface area contributed by atoms with Crippen molar-refractivity contribution in [2.75, 3.05) is 23.7 Å². The summed E-state index contributed by atoms with van der Waals surface area (Å²) in [4.78, 5) is 29.3. The third-order valence-electron chi connectivity index (χ3n) is 7.12. The van der Waals surface area contributed by atoms with Crippen LogP contribution in [-0.4, -0.2) is 56.6 Å². The molecule has 0 saturated heterocycles. The van der Waals surface area contributed by atoms with Crippen molar-refractivity contribution >= 4 is 43.5 Å². The first-order valence-electron chi connectivity index (χ1n) is 14.6. The fraction of sp³-hybridized carbons (Fsp3) is 0.394. The standard InChI is InChI=1S/C33H42BrN3O5S/c1-5-25(3)35-33(39)30(23-26-13-8-7-9-14-26)36(24-27-18-20-28(34)21-19-27)32(38)17-12-22-37(43(4,40)41)29-15-10-11-16-31(29)42-6-2/h7-11,13-16,18-21,25,30H,5-6,12,17,22-24H2,1-4H3,(H,35,39)/t25-,30+/m0/s1. The Balaban J connectivity index is 1.90. The number of anilines is 1. The van der Waals surface area contributed by atoms with Gasteiger partial charge in [0.25, 0.3) is 0 Å². The Kier molecular flexibility index (Phi) is 13.1. The van der Waals surface area contributed by atoms with Crippen molar-refractivity contribution in [3.05, 3.63) is 94.5 Å². The predicted octanol–water partition coefficient (Wildman–Crippen LogP) is 5.95. The number of para-hydroxylation sites is 2. The quantitative estimate of drug-likeness (QED) is 0.203. The van der Waals surface area contributed by atoms with Gasteiger partial charge in [0, 0.05) is 36.4 Å². The molecule has 43 heavy (non-hydrogen) atoms. The van der Waals surface area contributed by atoms with Crippen LogP contribution in [0.1, 0.15) is 51.2 Å². The van der Waals surface area contributed by atoms with E-state index in [1.54, 1.807) is 29.2 Å². The smallest absolute Gasteiger partial charge is 0.243 e. The van der Waals surface area contributed by atoms with Gasteiger partial charge >= 0.3 is 0 Å². The molecular weight excluding hydrogens is 630 g/mol. The largest absolute Gasteiger partial charge is 0.492 e. The number of hydrogen-bond acceptors (Lipinski definition) is 5. The Morgan fingerprint density at radius 1 is 0.930 bits per heavy atom. The van der Waals surface area contributed by atoms with Gasteiger partial charge in [0.2, 0.25) is 21.8 Å². The van der Waals surface area contributed by atoms with Gasteiger partial charge in [-0.25, -0.2) is 8.42 Å². The van der Waals surface area contributed by atoms with Crippen molar-refractivity contribution in [3.8, 4) is 5.75 Å². The zero-order valence-electron chi connectivity index (χ0n) is 25.3. The third-order valence-corrected chi connectivity index (χ3v) is 8.83. The van der Waals surface area contributed by atoms with Crippen molar-refractivity contribution in [1.82, 2.24) is 10.2 Å². The van der Waals surface area contributed by atoms with Crippen LogP contribution in [0.15, 0.2) is 83.3 Å². The van der Waals surface area contributed by atoms with E-state index in [4.69, 9.17) is 4.74 Å². The van der Waals surface area contributed by atoms with Crippen LogP contribution in [0.2, 0.25) is 0 Å². The molecule has 0 bridgehead atoms. The van der Waals surface area contributed by atoms with Gasteiger partial charge in [0.15, 0.2) is 0 Å². The van der Waals surface area contributed by atoms with E-state index in [2.05, 4.69) is 21.2 Å². The average Bonchev–Trinajstić information content (AvgIpc) is 2.98. The van der Waals surface area contributed by atoms with Gasteiger partial charge in [-0.1, -0.05) is 77.5 Å². The van der Waals surface area contributed by atoms with Crippen molar-refractivity contribution in [2.45, 2.75) is 65.1 Å². The van der Waals surface area contributed by atoms with Gasteiger partial charge in [-0.05, 0) is 62.1 Å². The Bertz CT molecular complexity index is 1430. The first kappa shape index (κ1) is 34.1. The molecule has 2 atom stereocenters. The number of nitrogens with zero attached hydrogens (tertiary/aromatic N) is 2. The number of carbonyl (C=O) groups excluding carboxylic acids is 2. The lowest BCUT2D eigenvalue weighted by Gasteiger charge is -2.33. The number of benzene rings is 3. The Hall–Kier alpha value is -3.37. The fourth-order valence-corrected chi connectivity index (χ4v) is 5.94. The van der Waals surface area contributed by atoms with Crippen molar-refractivity contribution in [2.24, 2.45) is 0 Å². The molecular formula is C33H42BrN3O5S. The molecule has 0 aliphatic rings. The lowest BCUT2D eigenvalue weighted by atomic mass is 10.0. The molecule has 0 spiro atoms. The highest BCUT2D eigenvalue weighted by molar-refractivity contribution is 9.10. The lowest BCUT2D eigenvalue weighted by molar-refractivity contribution is -0.141. The molecule has 3 aromatic carbocycles. The zero-order chi connectivity index (χ0) is 31.4. The van der Waals surface area contributed by atoms with Crippen molar-refractivity contribution < 1.29 is 22.7 Å². The van der Waals surface area contributed by atoms with Crippen molar-refractivity contribution in [1.29, 1.82) is 0 Å². The molecule has 3 rings (SSSR count). The Labute approximate surface area is 264 Å². The normalized spacial score (nSPS) is 12.7. The first-order chi connectivity index (χ1) is 20.5. The molecule has 0 fully saturated rings. The minimum Gasteiger partial charge on any atom is -0.492 e. The SMILES string of the molecule is CCOc1ccccc1N(CCCC(=O)N(Cc1ccc(Br)cc1)[C@H](Cc1ccccc1)C(=O)N[C@@H](C)CC)S(C)(=O)=O. The summed E-state index contributed by atoms with van der Waals surface area (Å²) >= 11 is 3.46. The third kappa shape index (κ3) is 10.4. The Morgan fingerprint density at radius 2 is 1.58 bits per heavy atom. The van der Waals surface area contributed by atoms with Gasteiger partial charge < -0.3 is 15.0 Å². The van der Waals surface area contributed by atoms with Crippen LogP contribution in [0.3, 0.4) is 0 Å².